The molecule has 0 amide bonds. The van der Waals surface area contributed by atoms with Crippen molar-refractivity contribution in [2.24, 2.45) is 5.84 Å². The second kappa shape index (κ2) is 5.59. The van der Waals surface area contributed by atoms with E-state index in [0.717, 1.165) is 10.0 Å². The molecule has 2 aromatic rings. The number of halogens is 2. The average molecular weight is 409 g/mol. The van der Waals surface area contributed by atoms with E-state index < -0.39 is 0 Å². The van der Waals surface area contributed by atoms with Gasteiger partial charge in [0.15, 0.2) is 0 Å². The summed E-state index contributed by atoms with van der Waals surface area (Å²) < 4.78 is 2.27. The average Bonchev–Trinajstić information content (AvgIpc) is 2.78. The molecule has 0 spiro atoms. The molecule has 2 rings (SSSR count). The molecule has 5 heteroatoms. The summed E-state index contributed by atoms with van der Waals surface area (Å²) in [6.07, 6.45) is 0. The van der Waals surface area contributed by atoms with Gasteiger partial charge in [0.05, 0.1) is 6.04 Å². The maximum atomic E-state index is 5.65. The van der Waals surface area contributed by atoms with Crippen molar-refractivity contribution >= 4 is 49.9 Å². The number of rotatable bonds is 3. The molecule has 0 aliphatic rings. The van der Waals surface area contributed by atoms with Gasteiger partial charge in [-0.2, -0.15) is 11.3 Å². The Morgan fingerprint density at radius 3 is 2.81 bits per heavy atom. The van der Waals surface area contributed by atoms with Gasteiger partial charge in [-0.15, -0.1) is 0 Å². The van der Waals surface area contributed by atoms with E-state index in [9.17, 15) is 0 Å². The van der Waals surface area contributed by atoms with Crippen LogP contribution in [0.4, 0.5) is 0 Å². The minimum Gasteiger partial charge on any atom is -0.271 e. The molecule has 0 radical (unpaired) electrons. The molecule has 1 atom stereocenters. The zero-order valence-electron chi connectivity index (χ0n) is 8.28. The van der Waals surface area contributed by atoms with E-state index in [2.05, 4.69) is 72.9 Å². The smallest absolute Gasteiger partial charge is 0.0729 e. The van der Waals surface area contributed by atoms with Crippen molar-refractivity contribution in [3.05, 3.63) is 54.2 Å². The molecule has 16 heavy (non-hydrogen) atoms. The number of nitrogens with one attached hydrogen (secondary N) is 1. The zero-order valence-corrected chi connectivity index (χ0v) is 12.8. The molecule has 0 aliphatic heterocycles. The number of hydrazine groups is 1. The molecule has 0 saturated carbocycles. The summed E-state index contributed by atoms with van der Waals surface area (Å²) in [5, 5.41) is 4.16. The topological polar surface area (TPSA) is 38.0 Å². The van der Waals surface area contributed by atoms with Crippen molar-refractivity contribution in [2.75, 3.05) is 0 Å². The van der Waals surface area contributed by atoms with E-state index in [1.54, 1.807) is 11.3 Å². The maximum Gasteiger partial charge on any atom is 0.0729 e. The highest BCUT2D eigenvalue weighted by molar-refractivity contribution is 14.1. The molecular weight excluding hydrogens is 399 g/mol. The fourth-order valence-corrected chi connectivity index (χ4v) is 3.22. The van der Waals surface area contributed by atoms with Gasteiger partial charge in [-0.3, -0.25) is 5.84 Å². The van der Waals surface area contributed by atoms with Gasteiger partial charge >= 0.3 is 0 Å². The first-order valence-electron chi connectivity index (χ1n) is 4.65. The first kappa shape index (κ1) is 12.5. The summed E-state index contributed by atoms with van der Waals surface area (Å²) in [7, 11) is 0. The Labute approximate surface area is 120 Å². The monoisotopic (exact) mass is 408 g/mol. The molecule has 1 heterocycles. The van der Waals surface area contributed by atoms with Crippen molar-refractivity contribution in [3.63, 3.8) is 0 Å². The molecular formula is C11H10BrIN2S. The van der Waals surface area contributed by atoms with Gasteiger partial charge in [0.25, 0.3) is 0 Å². The van der Waals surface area contributed by atoms with Crippen LogP contribution >= 0.6 is 49.9 Å². The van der Waals surface area contributed by atoms with E-state index in [-0.39, 0.29) is 6.04 Å². The van der Waals surface area contributed by atoms with Crippen LogP contribution in [0.25, 0.3) is 0 Å². The summed E-state index contributed by atoms with van der Waals surface area (Å²) in [6.45, 7) is 0. The van der Waals surface area contributed by atoms with Gasteiger partial charge in [0.1, 0.15) is 0 Å². The summed E-state index contributed by atoms with van der Waals surface area (Å²) in [6, 6.07) is 8.37. The summed E-state index contributed by atoms with van der Waals surface area (Å²) >= 11 is 7.54. The van der Waals surface area contributed by atoms with Crippen LogP contribution in [0.3, 0.4) is 0 Å². The Balaban J connectivity index is 2.44. The summed E-state index contributed by atoms with van der Waals surface area (Å²) in [5.41, 5.74) is 5.21. The Morgan fingerprint density at radius 2 is 2.19 bits per heavy atom. The van der Waals surface area contributed by atoms with Crippen LogP contribution in [-0.2, 0) is 0 Å². The second-order valence-corrected chi connectivity index (χ2v) is 6.20. The van der Waals surface area contributed by atoms with Crippen LogP contribution < -0.4 is 11.3 Å². The van der Waals surface area contributed by atoms with Crippen molar-refractivity contribution in [1.29, 1.82) is 0 Å². The van der Waals surface area contributed by atoms with Gasteiger partial charge in [-0.1, -0.05) is 15.9 Å². The van der Waals surface area contributed by atoms with E-state index in [1.807, 2.05) is 6.07 Å². The lowest BCUT2D eigenvalue weighted by Crippen LogP contribution is -2.28. The molecule has 2 nitrogen and oxygen atoms in total. The predicted molar refractivity (Wildman–Crippen MR) is 80.3 cm³/mol. The first-order valence-corrected chi connectivity index (χ1v) is 7.47. The van der Waals surface area contributed by atoms with E-state index >= 15 is 0 Å². The minimum absolute atomic E-state index is 0.0374. The summed E-state index contributed by atoms with van der Waals surface area (Å²) in [4.78, 5) is 0. The third kappa shape index (κ3) is 2.65. The zero-order chi connectivity index (χ0) is 11.5. The number of thiophene rings is 1. The van der Waals surface area contributed by atoms with Crippen molar-refractivity contribution < 1.29 is 0 Å². The molecule has 0 aliphatic carbocycles. The predicted octanol–water partition coefficient (Wildman–Crippen LogP) is 3.67. The van der Waals surface area contributed by atoms with E-state index in [4.69, 9.17) is 5.84 Å². The lowest BCUT2D eigenvalue weighted by molar-refractivity contribution is 0.636. The largest absolute Gasteiger partial charge is 0.271 e. The SMILES string of the molecule is NNC(c1ccsc1)c1cc(I)ccc1Br. The lowest BCUT2D eigenvalue weighted by atomic mass is 10.0. The Hall–Kier alpha value is 0.0500. The van der Waals surface area contributed by atoms with Crippen LogP contribution in [0, 0.1) is 3.57 Å². The fraction of sp³-hybridized carbons (Fsp3) is 0.0909. The number of benzene rings is 1. The van der Waals surface area contributed by atoms with Gasteiger partial charge in [-0.05, 0) is 68.7 Å². The van der Waals surface area contributed by atoms with Gasteiger partial charge in [0, 0.05) is 8.04 Å². The lowest BCUT2D eigenvalue weighted by Gasteiger charge is -2.17. The molecule has 0 saturated heterocycles. The van der Waals surface area contributed by atoms with Crippen LogP contribution in [0.2, 0.25) is 0 Å². The van der Waals surface area contributed by atoms with Crippen molar-refractivity contribution in [3.8, 4) is 0 Å². The van der Waals surface area contributed by atoms with E-state index in [1.165, 1.54) is 9.13 Å². The van der Waals surface area contributed by atoms with E-state index in [0.29, 0.717) is 0 Å². The van der Waals surface area contributed by atoms with Crippen LogP contribution in [0.5, 0.6) is 0 Å². The van der Waals surface area contributed by atoms with Crippen LogP contribution in [0.1, 0.15) is 17.2 Å². The van der Waals surface area contributed by atoms with Crippen molar-refractivity contribution in [1.82, 2.24) is 5.43 Å². The molecule has 0 bridgehead atoms. The van der Waals surface area contributed by atoms with Gasteiger partial charge in [0.2, 0.25) is 0 Å². The number of hydrogen-bond donors (Lipinski definition) is 2. The Morgan fingerprint density at radius 1 is 1.38 bits per heavy atom. The van der Waals surface area contributed by atoms with Crippen molar-refractivity contribution in [2.45, 2.75) is 6.04 Å². The third-order valence-electron chi connectivity index (χ3n) is 2.31. The van der Waals surface area contributed by atoms with Gasteiger partial charge < -0.3 is 0 Å². The highest BCUT2D eigenvalue weighted by Gasteiger charge is 2.15. The maximum absolute atomic E-state index is 5.65. The molecule has 84 valence electrons. The fourth-order valence-electron chi connectivity index (χ4n) is 1.54. The molecule has 0 fully saturated rings. The van der Waals surface area contributed by atoms with Crippen LogP contribution in [0.15, 0.2) is 39.5 Å². The third-order valence-corrected chi connectivity index (χ3v) is 4.41. The first-order chi connectivity index (χ1) is 7.72. The molecule has 1 aromatic carbocycles. The highest BCUT2D eigenvalue weighted by Crippen LogP contribution is 2.30. The summed E-state index contributed by atoms with van der Waals surface area (Å²) in [5.74, 6) is 5.65. The molecule has 3 N–H and O–H groups in total. The van der Waals surface area contributed by atoms with Gasteiger partial charge in [-0.25, -0.2) is 5.43 Å². The van der Waals surface area contributed by atoms with Crippen LogP contribution in [-0.4, -0.2) is 0 Å². The molecule has 1 aromatic heterocycles. The second-order valence-electron chi connectivity index (χ2n) is 3.32. The Kier molecular flexibility index (Phi) is 4.37. The normalized spacial score (nSPS) is 12.7. The highest BCUT2D eigenvalue weighted by atomic mass is 127. The Bertz CT molecular complexity index is 473. The number of nitrogens with two attached hydrogens (primary N) is 1. The number of hydrogen-bond acceptors (Lipinski definition) is 3. The minimum atomic E-state index is 0.0374. The quantitative estimate of drug-likeness (QED) is 0.462. The standard InChI is InChI=1S/C11H10BrIN2S/c12-10-2-1-8(13)5-9(10)11(15-14)7-3-4-16-6-7/h1-6,11,15H,14H2. The molecule has 1 unspecified atom stereocenters.